The zero-order valence-electron chi connectivity index (χ0n) is 11.2. The average Bonchev–Trinajstić information content (AvgIpc) is 2.75. The molecule has 0 saturated heterocycles. The van der Waals surface area contributed by atoms with Crippen molar-refractivity contribution < 1.29 is 13.2 Å². The monoisotopic (exact) mass is 283 g/mol. The highest BCUT2D eigenvalue weighted by Crippen LogP contribution is 2.23. The molecule has 0 unspecified atom stereocenters. The first-order valence-corrected chi connectivity index (χ1v) is 7.51. The molecule has 0 amide bonds. The summed E-state index contributed by atoms with van der Waals surface area (Å²) in [5.41, 5.74) is 0.514. The highest BCUT2D eigenvalue weighted by Gasteiger charge is 2.22. The van der Waals surface area contributed by atoms with Gasteiger partial charge in [-0.1, -0.05) is 13.0 Å². The van der Waals surface area contributed by atoms with Gasteiger partial charge in [0.1, 0.15) is 5.82 Å². The van der Waals surface area contributed by atoms with Gasteiger partial charge in [0, 0.05) is 6.54 Å². The Morgan fingerprint density at radius 1 is 1.42 bits per heavy atom. The molecule has 0 aliphatic heterocycles. The van der Waals surface area contributed by atoms with E-state index < -0.39 is 10.0 Å². The SMILES string of the molecule is CCCNS(=O)(=O)c1nc(C)n2c(OC)cccc12. The molecule has 104 valence electrons. The summed E-state index contributed by atoms with van der Waals surface area (Å²) in [6.45, 7) is 4.04. The third-order valence-electron chi connectivity index (χ3n) is 2.77. The average molecular weight is 283 g/mol. The van der Waals surface area contributed by atoms with Crippen LogP contribution in [0, 0.1) is 6.92 Å². The molecule has 2 aromatic heterocycles. The maximum Gasteiger partial charge on any atom is 0.260 e. The Kier molecular flexibility index (Phi) is 3.77. The third-order valence-corrected chi connectivity index (χ3v) is 4.16. The Labute approximate surface area is 112 Å². The lowest BCUT2D eigenvalue weighted by molar-refractivity contribution is 0.391. The van der Waals surface area contributed by atoms with Gasteiger partial charge in [0.05, 0.1) is 12.6 Å². The summed E-state index contributed by atoms with van der Waals surface area (Å²) >= 11 is 0. The quantitative estimate of drug-likeness (QED) is 0.898. The zero-order chi connectivity index (χ0) is 14.0. The van der Waals surface area contributed by atoms with Gasteiger partial charge in [-0.05, 0) is 25.5 Å². The highest BCUT2D eigenvalue weighted by molar-refractivity contribution is 7.89. The molecule has 7 heteroatoms. The maximum atomic E-state index is 12.2. The van der Waals surface area contributed by atoms with Gasteiger partial charge in [-0.25, -0.2) is 18.1 Å². The van der Waals surface area contributed by atoms with Gasteiger partial charge in [0.25, 0.3) is 10.0 Å². The van der Waals surface area contributed by atoms with Crippen LogP contribution in [-0.4, -0.2) is 31.5 Å². The third kappa shape index (κ3) is 2.43. The first-order valence-electron chi connectivity index (χ1n) is 6.03. The van der Waals surface area contributed by atoms with Crippen molar-refractivity contribution in [1.29, 1.82) is 0 Å². The second kappa shape index (κ2) is 5.18. The molecule has 0 fully saturated rings. The zero-order valence-corrected chi connectivity index (χ0v) is 12.0. The number of fused-ring (bicyclic) bond motifs is 1. The summed E-state index contributed by atoms with van der Waals surface area (Å²) in [5, 5.41) is 0.0392. The minimum Gasteiger partial charge on any atom is -0.482 e. The molecule has 0 aliphatic rings. The van der Waals surface area contributed by atoms with E-state index in [1.54, 1.807) is 29.5 Å². The molecule has 0 bridgehead atoms. The van der Waals surface area contributed by atoms with Crippen LogP contribution in [-0.2, 0) is 10.0 Å². The number of aryl methyl sites for hydroxylation is 1. The minimum absolute atomic E-state index is 0.0392. The summed E-state index contributed by atoms with van der Waals surface area (Å²) in [6, 6.07) is 5.22. The molecule has 0 radical (unpaired) electrons. The Morgan fingerprint density at radius 3 is 2.79 bits per heavy atom. The number of ether oxygens (including phenoxy) is 1. The van der Waals surface area contributed by atoms with Crippen LogP contribution >= 0.6 is 0 Å². The van der Waals surface area contributed by atoms with E-state index in [9.17, 15) is 8.42 Å². The Morgan fingerprint density at radius 2 is 2.16 bits per heavy atom. The van der Waals surface area contributed by atoms with Crippen molar-refractivity contribution in [3.63, 3.8) is 0 Å². The van der Waals surface area contributed by atoms with Crippen LogP contribution in [0.2, 0.25) is 0 Å². The van der Waals surface area contributed by atoms with Crippen LogP contribution in [0.5, 0.6) is 5.88 Å². The van der Waals surface area contributed by atoms with Gasteiger partial charge < -0.3 is 4.74 Å². The van der Waals surface area contributed by atoms with E-state index in [0.717, 1.165) is 6.42 Å². The predicted octanol–water partition coefficient (Wildman–Crippen LogP) is 1.34. The van der Waals surface area contributed by atoms with Crippen LogP contribution in [0.25, 0.3) is 5.52 Å². The molecule has 2 rings (SSSR count). The highest BCUT2D eigenvalue weighted by atomic mass is 32.2. The van der Waals surface area contributed by atoms with Crippen molar-refractivity contribution in [1.82, 2.24) is 14.1 Å². The standard InChI is InChI=1S/C12H17N3O3S/c1-4-8-13-19(16,17)12-10-6-5-7-11(18-3)15(10)9(2)14-12/h5-7,13H,4,8H2,1-3H3. The minimum atomic E-state index is -3.59. The molecule has 0 aliphatic carbocycles. The second-order valence-corrected chi connectivity index (χ2v) is 5.83. The molecular weight excluding hydrogens is 266 g/mol. The molecule has 0 atom stereocenters. The number of rotatable bonds is 5. The summed E-state index contributed by atoms with van der Waals surface area (Å²) < 4.78 is 33.8. The number of aromatic nitrogens is 2. The van der Waals surface area contributed by atoms with Gasteiger partial charge in [-0.2, -0.15) is 0 Å². The van der Waals surface area contributed by atoms with Gasteiger partial charge in [-0.15, -0.1) is 0 Å². The number of pyridine rings is 1. The topological polar surface area (TPSA) is 72.7 Å². The lowest BCUT2D eigenvalue weighted by Crippen LogP contribution is -2.24. The lowest BCUT2D eigenvalue weighted by Gasteiger charge is -2.06. The molecule has 19 heavy (non-hydrogen) atoms. The Hall–Kier alpha value is -1.60. The van der Waals surface area contributed by atoms with Gasteiger partial charge >= 0.3 is 0 Å². The van der Waals surface area contributed by atoms with Gasteiger partial charge in [0.15, 0.2) is 10.9 Å². The van der Waals surface area contributed by atoms with E-state index in [4.69, 9.17) is 4.74 Å². The van der Waals surface area contributed by atoms with E-state index >= 15 is 0 Å². The van der Waals surface area contributed by atoms with Crippen molar-refractivity contribution in [3.8, 4) is 5.88 Å². The van der Waals surface area contributed by atoms with Gasteiger partial charge in [0.2, 0.25) is 0 Å². The number of hydrogen-bond acceptors (Lipinski definition) is 4. The van der Waals surface area contributed by atoms with Crippen LogP contribution in [0.1, 0.15) is 19.2 Å². The molecule has 2 heterocycles. The molecule has 6 nitrogen and oxygen atoms in total. The fourth-order valence-electron chi connectivity index (χ4n) is 1.91. The molecule has 1 N–H and O–H groups in total. The van der Waals surface area contributed by atoms with Crippen LogP contribution in [0.15, 0.2) is 23.2 Å². The van der Waals surface area contributed by atoms with Crippen molar-refractivity contribution >= 4 is 15.5 Å². The smallest absolute Gasteiger partial charge is 0.260 e. The number of sulfonamides is 1. The van der Waals surface area contributed by atoms with Crippen molar-refractivity contribution in [3.05, 3.63) is 24.0 Å². The number of imidazole rings is 1. The number of methoxy groups -OCH3 is 1. The summed E-state index contributed by atoms with van der Waals surface area (Å²) in [5.74, 6) is 1.13. The fraction of sp³-hybridized carbons (Fsp3) is 0.417. The van der Waals surface area contributed by atoms with Crippen LogP contribution in [0.4, 0.5) is 0 Å². The lowest BCUT2D eigenvalue weighted by atomic mass is 10.4. The number of nitrogens with zero attached hydrogens (tertiary/aromatic N) is 2. The van der Waals surface area contributed by atoms with Crippen molar-refractivity contribution in [2.45, 2.75) is 25.3 Å². The Balaban J connectivity index is 2.63. The molecule has 0 saturated carbocycles. The number of nitrogens with one attached hydrogen (secondary N) is 1. The summed E-state index contributed by atoms with van der Waals surface area (Å²) in [7, 11) is -2.05. The van der Waals surface area contributed by atoms with E-state index in [1.165, 1.54) is 7.11 Å². The first kappa shape index (κ1) is 13.8. The maximum absolute atomic E-state index is 12.2. The van der Waals surface area contributed by atoms with Crippen molar-refractivity contribution in [2.75, 3.05) is 13.7 Å². The predicted molar refractivity (Wildman–Crippen MR) is 72.0 cm³/mol. The molecular formula is C12H17N3O3S. The van der Waals surface area contributed by atoms with Crippen molar-refractivity contribution in [2.24, 2.45) is 0 Å². The van der Waals surface area contributed by atoms with Crippen LogP contribution < -0.4 is 9.46 Å². The van der Waals surface area contributed by atoms with E-state index in [0.29, 0.717) is 23.8 Å². The van der Waals surface area contributed by atoms with Gasteiger partial charge in [-0.3, -0.25) is 4.40 Å². The normalized spacial score (nSPS) is 11.9. The molecule has 0 spiro atoms. The number of hydrogen-bond donors (Lipinski definition) is 1. The molecule has 0 aromatic carbocycles. The summed E-state index contributed by atoms with van der Waals surface area (Å²) in [6.07, 6.45) is 0.729. The fourth-order valence-corrected chi connectivity index (χ4v) is 3.20. The summed E-state index contributed by atoms with van der Waals surface area (Å²) in [4.78, 5) is 4.16. The second-order valence-electron chi connectivity index (χ2n) is 4.15. The van der Waals surface area contributed by atoms with E-state index in [1.807, 2.05) is 6.92 Å². The largest absolute Gasteiger partial charge is 0.482 e. The van der Waals surface area contributed by atoms with E-state index in [-0.39, 0.29) is 5.03 Å². The molecule has 2 aromatic rings. The Bertz CT molecular complexity index is 692. The van der Waals surface area contributed by atoms with Crippen LogP contribution in [0.3, 0.4) is 0 Å². The first-order chi connectivity index (χ1) is 9.01. The van der Waals surface area contributed by atoms with E-state index in [2.05, 4.69) is 9.71 Å².